The van der Waals surface area contributed by atoms with Crippen molar-refractivity contribution in [3.8, 4) is 11.1 Å². The maximum Gasteiger partial charge on any atom is 0.410 e. The minimum atomic E-state index is -0.528. The van der Waals surface area contributed by atoms with Gasteiger partial charge < -0.3 is 14.5 Å². The average Bonchev–Trinajstić information content (AvgIpc) is 3.11. The van der Waals surface area contributed by atoms with Crippen molar-refractivity contribution < 1.29 is 19.1 Å². The fourth-order valence-electron chi connectivity index (χ4n) is 4.04. The second-order valence-corrected chi connectivity index (χ2v) is 9.21. The number of rotatable bonds is 2. The minimum absolute atomic E-state index is 0.0325. The van der Waals surface area contributed by atoms with Crippen LogP contribution in [0, 0.1) is 0 Å². The molecule has 0 atom stereocenters. The van der Waals surface area contributed by atoms with Gasteiger partial charge in [0, 0.05) is 44.6 Å². The molecule has 2 amide bonds. The van der Waals surface area contributed by atoms with E-state index in [-0.39, 0.29) is 17.8 Å². The first-order valence-corrected chi connectivity index (χ1v) is 10.7. The number of ether oxygens (including phenoxy) is 1. The molecule has 4 rings (SSSR count). The molecule has 162 valence electrons. The van der Waals surface area contributed by atoms with E-state index in [9.17, 15) is 14.4 Å². The molecule has 0 radical (unpaired) electrons. The summed E-state index contributed by atoms with van der Waals surface area (Å²) in [6.07, 6.45) is 0.708. The Hall–Kier alpha value is -3.15. The first-order chi connectivity index (χ1) is 14.7. The fourth-order valence-corrected chi connectivity index (χ4v) is 4.04. The SMILES string of the molecule is CC(C)(C)OC(=O)N1CCN(C(=O)c2ccc(-c3ccc4c(c3)CC(=O)C4)cc2)CC1. The molecule has 1 saturated heterocycles. The van der Waals surface area contributed by atoms with Crippen molar-refractivity contribution in [3.63, 3.8) is 0 Å². The van der Waals surface area contributed by atoms with E-state index in [4.69, 9.17) is 4.74 Å². The number of hydrogen-bond acceptors (Lipinski definition) is 4. The fraction of sp³-hybridized carbons (Fsp3) is 0.400. The molecule has 2 aromatic rings. The van der Waals surface area contributed by atoms with Crippen molar-refractivity contribution in [1.82, 2.24) is 9.80 Å². The lowest BCUT2D eigenvalue weighted by Gasteiger charge is -2.35. The Bertz CT molecular complexity index is 1010. The van der Waals surface area contributed by atoms with Crippen LogP contribution in [0.25, 0.3) is 11.1 Å². The summed E-state index contributed by atoms with van der Waals surface area (Å²) in [5, 5.41) is 0. The second kappa shape index (κ2) is 8.17. The van der Waals surface area contributed by atoms with Crippen LogP contribution in [0.1, 0.15) is 42.3 Å². The first kappa shape index (κ1) is 21.1. The van der Waals surface area contributed by atoms with Gasteiger partial charge in [-0.2, -0.15) is 0 Å². The van der Waals surface area contributed by atoms with Gasteiger partial charge in [-0.3, -0.25) is 9.59 Å². The van der Waals surface area contributed by atoms with Crippen LogP contribution in [0.2, 0.25) is 0 Å². The number of carbonyl (C=O) groups is 3. The Labute approximate surface area is 182 Å². The number of nitrogens with zero attached hydrogens (tertiary/aromatic N) is 2. The molecule has 0 spiro atoms. The highest BCUT2D eigenvalue weighted by Crippen LogP contribution is 2.27. The van der Waals surface area contributed by atoms with Gasteiger partial charge in [0.2, 0.25) is 0 Å². The van der Waals surface area contributed by atoms with Gasteiger partial charge in [0.15, 0.2) is 0 Å². The van der Waals surface area contributed by atoms with Gasteiger partial charge >= 0.3 is 6.09 Å². The summed E-state index contributed by atoms with van der Waals surface area (Å²) in [5.74, 6) is 0.231. The number of piperazine rings is 1. The van der Waals surface area contributed by atoms with Gasteiger partial charge in [0.05, 0.1) is 0 Å². The van der Waals surface area contributed by atoms with Crippen molar-refractivity contribution in [3.05, 3.63) is 59.2 Å². The van der Waals surface area contributed by atoms with E-state index in [1.807, 2.05) is 57.2 Å². The number of carbonyl (C=O) groups excluding carboxylic acids is 3. The Morgan fingerprint density at radius 3 is 2.03 bits per heavy atom. The molecule has 0 aromatic heterocycles. The summed E-state index contributed by atoms with van der Waals surface area (Å²) < 4.78 is 5.41. The van der Waals surface area contributed by atoms with Gasteiger partial charge in [-0.05, 0) is 55.2 Å². The summed E-state index contributed by atoms with van der Waals surface area (Å²) >= 11 is 0. The number of amides is 2. The van der Waals surface area contributed by atoms with Crippen LogP contribution in [-0.2, 0) is 22.4 Å². The third-order valence-corrected chi connectivity index (χ3v) is 5.67. The van der Waals surface area contributed by atoms with Crippen molar-refractivity contribution in [2.45, 2.75) is 39.2 Å². The average molecular weight is 421 g/mol. The monoisotopic (exact) mass is 420 g/mol. The zero-order valence-electron chi connectivity index (χ0n) is 18.3. The molecule has 2 aromatic carbocycles. The molecular weight excluding hydrogens is 392 g/mol. The second-order valence-electron chi connectivity index (χ2n) is 9.21. The number of ketones is 1. The Morgan fingerprint density at radius 2 is 1.39 bits per heavy atom. The number of hydrogen-bond donors (Lipinski definition) is 0. The predicted molar refractivity (Wildman–Crippen MR) is 118 cm³/mol. The summed E-state index contributed by atoms with van der Waals surface area (Å²) in [6.45, 7) is 7.43. The zero-order chi connectivity index (χ0) is 22.2. The summed E-state index contributed by atoms with van der Waals surface area (Å²) in [5.41, 5.74) is 4.40. The third kappa shape index (κ3) is 4.79. The molecular formula is C25H28N2O4. The van der Waals surface area contributed by atoms with Gasteiger partial charge in [-0.25, -0.2) is 4.79 Å². The molecule has 1 aliphatic heterocycles. The molecule has 0 saturated carbocycles. The molecule has 0 unspecified atom stereocenters. The molecule has 2 aliphatic rings. The minimum Gasteiger partial charge on any atom is -0.444 e. The number of fused-ring (bicyclic) bond motifs is 1. The summed E-state index contributed by atoms with van der Waals surface area (Å²) in [4.78, 5) is 40.2. The number of Topliss-reactive ketones (excluding diaryl/α,β-unsaturated/α-hetero) is 1. The molecule has 6 heteroatoms. The largest absolute Gasteiger partial charge is 0.444 e. The van der Waals surface area contributed by atoms with Gasteiger partial charge in [-0.15, -0.1) is 0 Å². The quantitative estimate of drug-likeness (QED) is 0.743. The predicted octanol–water partition coefficient (Wildman–Crippen LogP) is 3.71. The summed E-state index contributed by atoms with van der Waals surface area (Å²) in [7, 11) is 0. The van der Waals surface area contributed by atoms with E-state index < -0.39 is 5.60 Å². The van der Waals surface area contributed by atoms with Gasteiger partial charge in [-0.1, -0.05) is 30.3 Å². The van der Waals surface area contributed by atoms with Gasteiger partial charge in [0.1, 0.15) is 11.4 Å². The van der Waals surface area contributed by atoms with E-state index in [0.717, 1.165) is 22.3 Å². The lowest BCUT2D eigenvalue weighted by atomic mass is 9.99. The molecule has 1 aliphatic carbocycles. The highest BCUT2D eigenvalue weighted by molar-refractivity contribution is 5.95. The van der Waals surface area contributed by atoms with Crippen LogP contribution in [0.4, 0.5) is 4.79 Å². The van der Waals surface area contributed by atoms with E-state index >= 15 is 0 Å². The molecule has 0 N–H and O–H groups in total. The lowest BCUT2D eigenvalue weighted by molar-refractivity contribution is -0.117. The smallest absolute Gasteiger partial charge is 0.410 e. The Morgan fingerprint density at radius 1 is 0.806 bits per heavy atom. The molecule has 1 heterocycles. The van der Waals surface area contributed by atoms with Crippen LogP contribution in [0.15, 0.2) is 42.5 Å². The van der Waals surface area contributed by atoms with E-state index in [1.165, 1.54) is 0 Å². The van der Waals surface area contributed by atoms with Gasteiger partial charge in [0.25, 0.3) is 5.91 Å². The van der Waals surface area contributed by atoms with Crippen LogP contribution < -0.4 is 0 Å². The lowest BCUT2D eigenvalue weighted by Crippen LogP contribution is -2.51. The van der Waals surface area contributed by atoms with E-state index in [0.29, 0.717) is 44.6 Å². The normalized spacial score (nSPS) is 16.3. The van der Waals surface area contributed by atoms with Crippen molar-refractivity contribution in [2.75, 3.05) is 26.2 Å². The zero-order valence-corrected chi connectivity index (χ0v) is 18.3. The molecule has 31 heavy (non-hydrogen) atoms. The third-order valence-electron chi connectivity index (χ3n) is 5.67. The highest BCUT2D eigenvalue weighted by atomic mass is 16.6. The maximum absolute atomic E-state index is 12.9. The topological polar surface area (TPSA) is 66.9 Å². The molecule has 6 nitrogen and oxygen atoms in total. The Kier molecular flexibility index (Phi) is 5.56. The van der Waals surface area contributed by atoms with E-state index in [1.54, 1.807) is 9.80 Å². The number of benzene rings is 2. The van der Waals surface area contributed by atoms with Crippen LogP contribution in [0.5, 0.6) is 0 Å². The summed E-state index contributed by atoms with van der Waals surface area (Å²) in [6, 6.07) is 13.7. The van der Waals surface area contributed by atoms with Crippen molar-refractivity contribution in [1.29, 1.82) is 0 Å². The van der Waals surface area contributed by atoms with Crippen LogP contribution in [0.3, 0.4) is 0 Å². The van der Waals surface area contributed by atoms with Crippen molar-refractivity contribution in [2.24, 2.45) is 0 Å². The van der Waals surface area contributed by atoms with Crippen LogP contribution in [-0.4, -0.2) is 59.4 Å². The standard InChI is InChI=1S/C25H28N2O4/c1-25(2,3)31-24(30)27-12-10-26(11-13-27)23(29)18-6-4-17(5-7-18)19-8-9-20-15-22(28)16-21(20)14-19/h4-9,14H,10-13,15-16H2,1-3H3. The Balaban J connectivity index is 1.38. The van der Waals surface area contributed by atoms with Crippen LogP contribution >= 0.6 is 0 Å². The maximum atomic E-state index is 12.9. The highest BCUT2D eigenvalue weighted by Gasteiger charge is 2.28. The van der Waals surface area contributed by atoms with Crippen molar-refractivity contribution >= 4 is 17.8 Å². The first-order valence-electron chi connectivity index (χ1n) is 10.7. The van der Waals surface area contributed by atoms with E-state index in [2.05, 4.69) is 6.07 Å². The molecule has 1 fully saturated rings. The molecule has 0 bridgehead atoms.